The number of hydrogen-bond acceptors (Lipinski definition) is 3. The third-order valence-corrected chi connectivity index (χ3v) is 3.92. The van der Waals surface area contributed by atoms with Crippen LogP contribution >= 0.6 is 15.9 Å². The summed E-state index contributed by atoms with van der Waals surface area (Å²) in [4.78, 5) is 31.4. The van der Waals surface area contributed by atoms with Gasteiger partial charge >= 0.3 is 0 Å². The summed E-state index contributed by atoms with van der Waals surface area (Å²) in [5, 5.41) is 2.81. The van der Waals surface area contributed by atoms with E-state index in [1.807, 2.05) is 24.3 Å². The molecule has 1 aromatic heterocycles. The van der Waals surface area contributed by atoms with Gasteiger partial charge in [-0.3, -0.25) is 9.59 Å². The van der Waals surface area contributed by atoms with Crippen molar-refractivity contribution >= 4 is 38.6 Å². The second kappa shape index (κ2) is 6.34. The van der Waals surface area contributed by atoms with E-state index >= 15 is 0 Å². The van der Waals surface area contributed by atoms with Gasteiger partial charge in [-0.15, -0.1) is 0 Å². The zero-order valence-corrected chi connectivity index (χ0v) is 14.0. The number of nitrogens with one attached hydrogen (secondary N) is 2. The van der Waals surface area contributed by atoms with Gasteiger partial charge in [0.05, 0.1) is 16.7 Å². The number of aromatic nitrogens is 2. The van der Waals surface area contributed by atoms with Crippen molar-refractivity contribution in [1.82, 2.24) is 9.97 Å². The summed E-state index contributed by atoms with van der Waals surface area (Å²) in [7, 11) is 0. The Balaban J connectivity index is 2.21. The highest BCUT2D eigenvalue weighted by atomic mass is 79.9. The summed E-state index contributed by atoms with van der Waals surface area (Å²) in [6, 6.07) is 12.7. The zero-order chi connectivity index (χ0) is 16.4. The highest BCUT2D eigenvalue weighted by Gasteiger charge is 2.14. The van der Waals surface area contributed by atoms with Crippen molar-refractivity contribution in [3.8, 4) is 11.3 Å². The quantitative estimate of drug-likeness (QED) is 0.736. The second-order valence-corrected chi connectivity index (χ2v) is 5.94. The maximum absolute atomic E-state index is 12.4. The molecular weight excluding hydrogens is 358 g/mol. The number of benzene rings is 2. The summed E-state index contributed by atoms with van der Waals surface area (Å²) in [6.07, 6.45) is 0.358. The van der Waals surface area contributed by atoms with Gasteiger partial charge in [-0.2, -0.15) is 0 Å². The lowest BCUT2D eigenvalue weighted by molar-refractivity contribution is -0.115. The van der Waals surface area contributed by atoms with Gasteiger partial charge in [0.2, 0.25) is 5.91 Å². The number of aromatic amines is 1. The number of rotatable bonds is 3. The normalized spacial score (nSPS) is 10.7. The van der Waals surface area contributed by atoms with Crippen molar-refractivity contribution < 1.29 is 4.79 Å². The molecule has 0 atom stereocenters. The Kier molecular flexibility index (Phi) is 4.25. The number of hydrogen-bond donors (Lipinski definition) is 2. The maximum atomic E-state index is 12.4. The molecule has 0 aliphatic carbocycles. The van der Waals surface area contributed by atoms with Gasteiger partial charge in [-0.05, 0) is 30.3 Å². The molecule has 2 N–H and O–H groups in total. The topological polar surface area (TPSA) is 74.8 Å². The number of amides is 1. The summed E-state index contributed by atoms with van der Waals surface area (Å²) in [6.45, 7) is 1.77. The molecule has 0 saturated heterocycles. The third kappa shape index (κ3) is 3.17. The molecule has 23 heavy (non-hydrogen) atoms. The van der Waals surface area contributed by atoms with E-state index < -0.39 is 0 Å². The molecule has 0 radical (unpaired) electrons. The lowest BCUT2D eigenvalue weighted by Gasteiger charge is -2.11. The summed E-state index contributed by atoms with van der Waals surface area (Å²) >= 11 is 3.40. The van der Waals surface area contributed by atoms with Crippen LogP contribution in [0.25, 0.3) is 22.3 Å². The van der Waals surface area contributed by atoms with Gasteiger partial charge in [0, 0.05) is 16.5 Å². The van der Waals surface area contributed by atoms with Crippen molar-refractivity contribution in [2.24, 2.45) is 0 Å². The Bertz CT molecular complexity index is 950. The Morgan fingerprint density at radius 3 is 2.83 bits per heavy atom. The molecule has 0 saturated carbocycles. The van der Waals surface area contributed by atoms with E-state index in [9.17, 15) is 9.59 Å². The Morgan fingerprint density at radius 1 is 1.26 bits per heavy atom. The third-order valence-electron chi connectivity index (χ3n) is 3.43. The van der Waals surface area contributed by atoms with Crippen LogP contribution < -0.4 is 10.9 Å². The fourth-order valence-corrected chi connectivity index (χ4v) is 2.63. The van der Waals surface area contributed by atoms with Gasteiger partial charge in [-0.1, -0.05) is 35.0 Å². The Morgan fingerprint density at radius 2 is 2.04 bits per heavy atom. The highest BCUT2D eigenvalue weighted by Crippen LogP contribution is 2.28. The molecule has 116 valence electrons. The Hall–Kier alpha value is -2.47. The number of H-pyrrole nitrogens is 1. The molecule has 0 fully saturated rings. The van der Waals surface area contributed by atoms with E-state index in [-0.39, 0.29) is 17.2 Å². The Labute approximate surface area is 140 Å². The van der Waals surface area contributed by atoms with Gasteiger partial charge in [0.1, 0.15) is 5.69 Å². The van der Waals surface area contributed by atoms with Crippen LogP contribution in [0.2, 0.25) is 0 Å². The van der Waals surface area contributed by atoms with E-state index in [1.165, 1.54) is 0 Å². The lowest BCUT2D eigenvalue weighted by Crippen LogP contribution is -2.15. The van der Waals surface area contributed by atoms with Crippen molar-refractivity contribution in [3.63, 3.8) is 0 Å². The average Bonchev–Trinajstić information content (AvgIpc) is 2.55. The number of para-hydroxylation sites is 2. The minimum absolute atomic E-state index is 0.120. The van der Waals surface area contributed by atoms with Gasteiger partial charge in [0.15, 0.2) is 0 Å². The molecule has 3 aromatic rings. The van der Waals surface area contributed by atoms with E-state index in [0.717, 1.165) is 4.47 Å². The molecule has 2 aromatic carbocycles. The molecule has 1 heterocycles. The SMILES string of the molecule is CCC(=O)Nc1ccc(Br)cc1-c1nc2ccccc2[nH]c1=O. The predicted octanol–water partition coefficient (Wildman–Crippen LogP) is 3.70. The molecule has 3 rings (SSSR count). The smallest absolute Gasteiger partial charge is 0.275 e. The molecule has 0 unspecified atom stereocenters. The van der Waals surface area contributed by atoms with Crippen LogP contribution in [0.5, 0.6) is 0 Å². The number of fused-ring (bicyclic) bond motifs is 1. The zero-order valence-electron chi connectivity index (χ0n) is 12.4. The van der Waals surface area contributed by atoms with Crippen molar-refractivity contribution in [2.45, 2.75) is 13.3 Å². The summed E-state index contributed by atoms with van der Waals surface area (Å²) < 4.78 is 0.802. The van der Waals surface area contributed by atoms with Crippen LogP contribution in [-0.2, 0) is 4.79 Å². The first-order chi connectivity index (χ1) is 11.1. The minimum atomic E-state index is -0.297. The molecule has 6 heteroatoms. The van der Waals surface area contributed by atoms with E-state index in [0.29, 0.717) is 28.7 Å². The summed E-state index contributed by atoms with van der Waals surface area (Å²) in [5.74, 6) is -0.120. The number of halogens is 1. The number of anilines is 1. The molecule has 0 aliphatic heterocycles. The summed E-state index contributed by atoms with van der Waals surface area (Å²) in [5.41, 5.74) is 2.48. The average molecular weight is 372 g/mol. The first kappa shape index (κ1) is 15.4. The van der Waals surface area contributed by atoms with Crippen LogP contribution in [-0.4, -0.2) is 15.9 Å². The lowest BCUT2D eigenvalue weighted by atomic mass is 10.1. The minimum Gasteiger partial charge on any atom is -0.325 e. The number of carbonyl (C=O) groups excluding carboxylic acids is 1. The van der Waals surface area contributed by atoms with Gasteiger partial charge in [-0.25, -0.2) is 4.98 Å². The number of carbonyl (C=O) groups is 1. The molecule has 0 bridgehead atoms. The molecule has 0 spiro atoms. The van der Waals surface area contributed by atoms with Gasteiger partial charge in [0.25, 0.3) is 5.56 Å². The molecular formula is C17H14BrN3O2. The monoisotopic (exact) mass is 371 g/mol. The van der Waals surface area contributed by atoms with Crippen molar-refractivity contribution in [3.05, 3.63) is 57.3 Å². The first-order valence-electron chi connectivity index (χ1n) is 7.17. The van der Waals surface area contributed by atoms with Crippen LogP contribution in [0, 0.1) is 0 Å². The second-order valence-electron chi connectivity index (χ2n) is 5.02. The van der Waals surface area contributed by atoms with E-state index in [1.54, 1.807) is 25.1 Å². The molecule has 5 nitrogen and oxygen atoms in total. The number of nitrogens with zero attached hydrogens (tertiary/aromatic N) is 1. The fraction of sp³-hybridized carbons (Fsp3) is 0.118. The first-order valence-corrected chi connectivity index (χ1v) is 7.96. The molecule has 1 amide bonds. The van der Waals surface area contributed by atoms with E-state index in [2.05, 4.69) is 31.2 Å². The largest absolute Gasteiger partial charge is 0.325 e. The van der Waals surface area contributed by atoms with E-state index in [4.69, 9.17) is 0 Å². The van der Waals surface area contributed by atoms with Gasteiger partial charge < -0.3 is 10.3 Å². The maximum Gasteiger partial charge on any atom is 0.275 e. The van der Waals surface area contributed by atoms with Crippen molar-refractivity contribution in [1.29, 1.82) is 0 Å². The van der Waals surface area contributed by atoms with Crippen molar-refractivity contribution in [2.75, 3.05) is 5.32 Å². The standard InChI is InChI=1S/C17H14BrN3O2/c1-2-15(22)19-12-8-7-10(18)9-11(12)16-17(23)21-14-6-4-3-5-13(14)20-16/h3-9H,2H2,1H3,(H,19,22)(H,21,23). The van der Waals surface area contributed by atoms with Crippen LogP contribution in [0.15, 0.2) is 51.7 Å². The predicted molar refractivity (Wildman–Crippen MR) is 94.4 cm³/mol. The molecule has 0 aliphatic rings. The fourth-order valence-electron chi connectivity index (χ4n) is 2.27. The highest BCUT2D eigenvalue weighted by molar-refractivity contribution is 9.10. The van der Waals surface area contributed by atoms with Crippen LogP contribution in [0.4, 0.5) is 5.69 Å². The van der Waals surface area contributed by atoms with Crippen LogP contribution in [0.3, 0.4) is 0 Å². The van der Waals surface area contributed by atoms with Crippen LogP contribution in [0.1, 0.15) is 13.3 Å².